The van der Waals surface area contributed by atoms with Gasteiger partial charge < -0.3 is 0 Å². The number of hydrogen-bond donors (Lipinski definition) is 0. The third kappa shape index (κ3) is 2.52. The summed E-state index contributed by atoms with van der Waals surface area (Å²) in [5.41, 5.74) is 0. The van der Waals surface area contributed by atoms with Crippen molar-refractivity contribution in [3.63, 3.8) is 0 Å². The van der Waals surface area contributed by atoms with Crippen molar-refractivity contribution < 1.29 is 0 Å². The SMILES string of the molecule is [CH2]C(CC)CCl. The van der Waals surface area contributed by atoms with Crippen LogP contribution < -0.4 is 0 Å². The highest BCUT2D eigenvalue weighted by molar-refractivity contribution is 6.18. The molecule has 0 aromatic carbocycles. The van der Waals surface area contributed by atoms with E-state index in [0.717, 1.165) is 6.42 Å². The van der Waals surface area contributed by atoms with Crippen molar-refractivity contribution in [2.75, 3.05) is 5.88 Å². The molecule has 6 heavy (non-hydrogen) atoms. The number of alkyl halides is 1. The van der Waals surface area contributed by atoms with Crippen LogP contribution in [0.25, 0.3) is 0 Å². The van der Waals surface area contributed by atoms with Gasteiger partial charge in [-0.1, -0.05) is 13.3 Å². The maximum Gasteiger partial charge on any atom is 0.0251 e. The maximum atomic E-state index is 5.39. The minimum atomic E-state index is 0.451. The van der Waals surface area contributed by atoms with Gasteiger partial charge in [-0.15, -0.1) is 11.6 Å². The second-order valence-corrected chi connectivity index (χ2v) is 1.74. The molecule has 0 heterocycles. The van der Waals surface area contributed by atoms with Gasteiger partial charge >= 0.3 is 0 Å². The van der Waals surface area contributed by atoms with E-state index in [1.807, 2.05) is 0 Å². The van der Waals surface area contributed by atoms with Gasteiger partial charge in [0.2, 0.25) is 0 Å². The lowest BCUT2D eigenvalue weighted by atomic mass is 10.2. The topological polar surface area (TPSA) is 0 Å². The molecule has 37 valence electrons. The Morgan fingerprint density at radius 2 is 2.33 bits per heavy atom. The molecule has 0 aliphatic carbocycles. The lowest BCUT2D eigenvalue weighted by Gasteiger charge is -1.96. The normalized spacial score (nSPS) is 14.5. The summed E-state index contributed by atoms with van der Waals surface area (Å²) in [6, 6.07) is 0. The van der Waals surface area contributed by atoms with Gasteiger partial charge in [0.25, 0.3) is 0 Å². The predicted octanol–water partition coefficient (Wildman–Crippen LogP) is 2.09. The van der Waals surface area contributed by atoms with Gasteiger partial charge in [-0.3, -0.25) is 0 Å². The summed E-state index contributed by atoms with van der Waals surface area (Å²) in [4.78, 5) is 0. The molecule has 0 amide bonds. The van der Waals surface area contributed by atoms with Gasteiger partial charge in [0.15, 0.2) is 0 Å². The summed E-state index contributed by atoms with van der Waals surface area (Å²) in [5, 5.41) is 0. The summed E-state index contributed by atoms with van der Waals surface area (Å²) in [6.07, 6.45) is 1.09. The van der Waals surface area contributed by atoms with Crippen LogP contribution in [0.4, 0.5) is 0 Å². The lowest BCUT2D eigenvalue weighted by Crippen LogP contribution is -1.90. The van der Waals surface area contributed by atoms with Crippen molar-refractivity contribution in [3.05, 3.63) is 6.92 Å². The van der Waals surface area contributed by atoms with Crippen LogP contribution in [-0.4, -0.2) is 5.88 Å². The average molecular weight is 106 g/mol. The fraction of sp³-hybridized carbons (Fsp3) is 0.800. The van der Waals surface area contributed by atoms with Crippen molar-refractivity contribution in [1.82, 2.24) is 0 Å². The summed E-state index contributed by atoms with van der Waals surface area (Å²) in [6.45, 7) is 5.83. The molecule has 0 rings (SSSR count). The molecule has 0 nitrogen and oxygen atoms in total. The molecule has 0 aromatic heterocycles. The van der Waals surface area contributed by atoms with Crippen molar-refractivity contribution in [3.8, 4) is 0 Å². The van der Waals surface area contributed by atoms with Gasteiger partial charge in [-0.25, -0.2) is 0 Å². The molecule has 0 aliphatic rings. The van der Waals surface area contributed by atoms with Crippen molar-refractivity contribution in [2.45, 2.75) is 13.3 Å². The van der Waals surface area contributed by atoms with Crippen molar-refractivity contribution in [2.24, 2.45) is 5.92 Å². The zero-order valence-electron chi connectivity index (χ0n) is 4.08. The Kier molecular flexibility index (Phi) is 3.65. The molecule has 1 radical (unpaired) electrons. The molecule has 1 unspecified atom stereocenters. The predicted molar refractivity (Wildman–Crippen MR) is 29.9 cm³/mol. The first-order valence-electron chi connectivity index (χ1n) is 2.20. The zero-order valence-corrected chi connectivity index (χ0v) is 4.83. The average Bonchev–Trinajstić information content (AvgIpc) is 1.65. The standard InChI is InChI=1S/C5H10Cl/c1-3-5(2)4-6/h5H,2-4H2,1H3. The first kappa shape index (κ1) is 6.29. The van der Waals surface area contributed by atoms with Crippen LogP contribution in [0, 0.1) is 12.8 Å². The van der Waals surface area contributed by atoms with E-state index in [2.05, 4.69) is 13.8 Å². The summed E-state index contributed by atoms with van der Waals surface area (Å²) in [7, 11) is 0. The molecule has 0 saturated heterocycles. The number of rotatable bonds is 2. The van der Waals surface area contributed by atoms with E-state index in [1.54, 1.807) is 0 Å². The molecule has 0 aliphatic heterocycles. The first-order chi connectivity index (χ1) is 2.81. The largest absolute Gasteiger partial charge is 0.126 e. The van der Waals surface area contributed by atoms with Crippen LogP contribution in [0.2, 0.25) is 0 Å². The van der Waals surface area contributed by atoms with E-state index < -0.39 is 0 Å². The highest BCUT2D eigenvalue weighted by atomic mass is 35.5. The zero-order chi connectivity index (χ0) is 4.99. The fourth-order valence-corrected chi connectivity index (χ4v) is 0.327. The van der Waals surface area contributed by atoms with Gasteiger partial charge in [-0.2, -0.15) is 0 Å². The van der Waals surface area contributed by atoms with Crippen molar-refractivity contribution >= 4 is 11.6 Å². The Bertz CT molecular complexity index is 23.1. The smallest absolute Gasteiger partial charge is 0.0251 e. The van der Waals surface area contributed by atoms with Crippen LogP contribution in [0.1, 0.15) is 13.3 Å². The molecule has 0 aromatic rings. The highest BCUT2D eigenvalue weighted by Crippen LogP contribution is 1.99. The quantitative estimate of drug-likeness (QED) is 0.472. The fourth-order valence-electron chi connectivity index (χ4n) is 0.109. The van der Waals surface area contributed by atoms with E-state index in [9.17, 15) is 0 Å². The lowest BCUT2D eigenvalue weighted by molar-refractivity contribution is 0.701. The second-order valence-electron chi connectivity index (χ2n) is 1.43. The molecule has 1 heteroatoms. The third-order valence-corrected chi connectivity index (χ3v) is 1.23. The van der Waals surface area contributed by atoms with Gasteiger partial charge in [0.1, 0.15) is 0 Å². The van der Waals surface area contributed by atoms with E-state index in [0.29, 0.717) is 11.8 Å². The Morgan fingerprint density at radius 1 is 1.83 bits per heavy atom. The van der Waals surface area contributed by atoms with Crippen LogP contribution in [-0.2, 0) is 0 Å². The number of hydrogen-bond acceptors (Lipinski definition) is 0. The molecule has 0 fully saturated rings. The van der Waals surface area contributed by atoms with Crippen molar-refractivity contribution in [1.29, 1.82) is 0 Å². The van der Waals surface area contributed by atoms with E-state index in [1.165, 1.54) is 0 Å². The first-order valence-corrected chi connectivity index (χ1v) is 2.73. The summed E-state index contributed by atoms with van der Waals surface area (Å²) >= 11 is 5.39. The molecular weight excluding hydrogens is 95.5 g/mol. The van der Waals surface area contributed by atoms with Gasteiger partial charge in [-0.05, 0) is 12.8 Å². The number of halogens is 1. The minimum Gasteiger partial charge on any atom is -0.126 e. The Morgan fingerprint density at radius 3 is 2.33 bits per heavy atom. The van der Waals surface area contributed by atoms with E-state index in [4.69, 9.17) is 11.6 Å². The van der Waals surface area contributed by atoms with Crippen LogP contribution in [0.3, 0.4) is 0 Å². The van der Waals surface area contributed by atoms with E-state index in [-0.39, 0.29) is 0 Å². The Hall–Kier alpha value is 0.290. The van der Waals surface area contributed by atoms with E-state index >= 15 is 0 Å². The molecular formula is C5H10Cl. The van der Waals surface area contributed by atoms with Crippen LogP contribution in [0.15, 0.2) is 0 Å². The van der Waals surface area contributed by atoms with Gasteiger partial charge in [0, 0.05) is 5.88 Å². The Balaban J connectivity index is 2.75. The third-order valence-electron chi connectivity index (χ3n) is 0.796. The molecule has 1 atom stereocenters. The summed E-state index contributed by atoms with van der Waals surface area (Å²) in [5.74, 6) is 1.14. The molecule has 0 bridgehead atoms. The highest BCUT2D eigenvalue weighted by Gasteiger charge is 1.90. The van der Waals surface area contributed by atoms with Crippen LogP contribution in [0.5, 0.6) is 0 Å². The monoisotopic (exact) mass is 105 g/mol. The second kappa shape index (κ2) is 3.48. The van der Waals surface area contributed by atoms with Gasteiger partial charge in [0.05, 0.1) is 0 Å². The minimum absolute atomic E-state index is 0.451. The van der Waals surface area contributed by atoms with Crippen LogP contribution >= 0.6 is 11.6 Å². The molecule has 0 saturated carbocycles. The molecule has 0 N–H and O–H groups in total. The Labute approximate surface area is 44.5 Å². The molecule has 0 spiro atoms. The summed E-state index contributed by atoms with van der Waals surface area (Å²) < 4.78 is 0. The maximum absolute atomic E-state index is 5.39.